The molecular weight excluding hydrogens is 364 g/mol. The molecule has 0 saturated carbocycles. The molecule has 0 atom stereocenters. The Hall–Kier alpha value is -3.47. The summed E-state index contributed by atoms with van der Waals surface area (Å²) in [7, 11) is 5.37. The molecule has 0 radical (unpaired) electrons. The monoisotopic (exact) mass is 390 g/mol. The fourth-order valence-corrected chi connectivity index (χ4v) is 2.99. The van der Waals surface area contributed by atoms with Gasteiger partial charge in [-0.3, -0.25) is 4.98 Å². The number of nitrogens with zero attached hydrogens (tertiary/aromatic N) is 2. The molecule has 0 aliphatic heterocycles. The molecule has 5 heteroatoms. The number of pyridine rings is 1. The van der Waals surface area contributed by atoms with Gasteiger partial charge in [-0.15, -0.1) is 0 Å². The van der Waals surface area contributed by atoms with Crippen LogP contribution in [0.15, 0.2) is 60.8 Å². The predicted octanol–water partition coefficient (Wildman–Crippen LogP) is 4.65. The zero-order valence-electron chi connectivity index (χ0n) is 17.0. The van der Waals surface area contributed by atoms with Crippen molar-refractivity contribution in [1.29, 1.82) is 0 Å². The van der Waals surface area contributed by atoms with Gasteiger partial charge in [-0.1, -0.05) is 24.3 Å². The Labute approximate surface area is 171 Å². The number of anilines is 1. The zero-order chi connectivity index (χ0) is 20.6. The first kappa shape index (κ1) is 20.3. The first-order chi connectivity index (χ1) is 14.1. The van der Waals surface area contributed by atoms with Gasteiger partial charge < -0.3 is 19.5 Å². The van der Waals surface area contributed by atoms with Gasteiger partial charge in [-0.25, -0.2) is 0 Å². The maximum atomic E-state index is 9.37. The van der Waals surface area contributed by atoms with E-state index in [1.165, 1.54) is 5.56 Å². The standard InChI is InChI=1S/C24H26N2O3/c1-26(15-13-19-7-11-23(28-2)24(16-19)29-3)21-12-14-25-20(17-21)8-4-18-5-9-22(27)10-6-18/h4-12,14,16-17,27H,13,15H2,1-3H3/b8-4+. The van der Waals surface area contributed by atoms with Gasteiger partial charge in [0.1, 0.15) is 5.75 Å². The first-order valence-corrected chi connectivity index (χ1v) is 9.44. The van der Waals surface area contributed by atoms with E-state index in [0.29, 0.717) is 0 Å². The predicted molar refractivity (Wildman–Crippen MR) is 118 cm³/mol. The summed E-state index contributed by atoms with van der Waals surface area (Å²) in [4.78, 5) is 6.63. The molecule has 1 N–H and O–H groups in total. The SMILES string of the molecule is COc1ccc(CCN(C)c2ccnc(/C=C/c3ccc(O)cc3)c2)cc1OC. The van der Waals surface area contributed by atoms with E-state index >= 15 is 0 Å². The lowest BCUT2D eigenvalue weighted by molar-refractivity contribution is 0.354. The van der Waals surface area contributed by atoms with E-state index in [1.54, 1.807) is 26.4 Å². The van der Waals surface area contributed by atoms with E-state index in [4.69, 9.17) is 9.47 Å². The highest BCUT2D eigenvalue weighted by Crippen LogP contribution is 2.28. The molecular formula is C24H26N2O3. The van der Waals surface area contributed by atoms with Gasteiger partial charge in [-0.05, 0) is 60.0 Å². The number of phenolic OH excluding ortho intramolecular Hbond substituents is 1. The van der Waals surface area contributed by atoms with Crippen molar-refractivity contribution in [3.8, 4) is 17.2 Å². The molecule has 1 heterocycles. The second kappa shape index (κ2) is 9.64. The van der Waals surface area contributed by atoms with Crippen molar-refractivity contribution in [2.45, 2.75) is 6.42 Å². The van der Waals surface area contributed by atoms with Crippen molar-refractivity contribution in [2.24, 2.45) is 0 Å². The van der Waals surface area contributed by atoms with Crippen LogP contribution in [-0.2, 0) is 6.42 Å². The summed E-state index contributed by atoms with van der Waals surface area (Å²) in [5.74, 6) is 1.75. The second-order valence-electron chi connectivity index (χ2n) is 6.72. The zero-order valence-corrected chi connectivity index (χ0v) is 17.0. The third-order valence-electron chi connectivity index (χ3n) is 4.73. The van der Waals surface area contributed by atoms with E-state index in [-0.39, 0.29) is 5.75 Å². The molecule has 3 rings (SSSR count). The number of methoxy groups -OCH3 is 2. The largest absolute Gasteiger partial charge is 0.508 e. The van der Waals surface area contributed by atoms with Crippen LogP contribution < -0.4 is 14.4 Å². The van der Waals surface area contributed by atoms with Crippen molar-refractivity contribution >= 4 is 17.8 Å². The van der Waals surface area contributed by atoms with E-state index < -0.39 is 0 Å². The van der Waals surface area contributed by atoms with Gasteiger partial charge >= 0.3 is 0 Å². The lowest BCUT2D eigenvalue weighted by Gasteiger charge is -2.20. The van der Waals surface area contributed by atoms with Crippen molar-refractivity contribution in [3.05, 3.63) is 77.6 Å². The maximum Gasteiger partial charge on any atom is 0.160 e. The number of hydrogen-bond acceptors (Lipinski definition) is 5. The number of aromatic nitrogens is 1. The molecule has 0 spiro atoms. The third kappa shape index (κ3) is 5.51. The molecule has 0 bridgehead atoms. The number of phenols is 1. The number of hydrogen-bond donors (Lipinski definition) is 1. The van der Waals surface area contributed by atoms with Crippen LogP contribution in [-0.4, -0.2) is 37.9 Å². The van der Waals surface area contributed by atoms with E-state index in [9.17, 15) is 5.11 Å². The number of ether oxygens (including phenoxy) is 2. The van der Waals surface area contributed by atoms with Gasteiger partial charge in [0.25, 0.3) is 0 Å². The molecule has 29 heavy (non-hydrogen) atoms. The summed E-state index contributed by atoms with van der Waals surface area (Å²) in [6, 6.07) is 17.2. The molecule has 150 valence electrons. The number of likely N-dealkylation sites (N-methyl/N-ethyl adjacent to an activating group) is 1. The van der Waals surface area contributed by atoms with Gasteiger partial charge in [0.2, 0.25) is 0 Å². The highest BCUT2D eigenvalue weighted by atomic mass is 16.5. The van der Waals surface area contributed by atoms with Gasteiger partial charge in [0, 0.05) is 25.5 Å². The summed E-state index contributed by atoms with van der Waals surface area (Å²) in [5.41, 5.74) is 4.19. The number of benzene rings is 2. The van der Waals surface area contributed by atoms with E-state index in [0.717, 1.165) is 41.4 Å². The van der Waals surface area contributed by atoms with Crippen LogP contribution in [0, 0.1) is 0 Å². The van der Waals surface area contributed by atoms with Crippen LogP contribution in [0.2, 0.25) is 0 Å². The molecule has 0 aliphatic rings. The Morgan fingerprint density at radius 3 is 2.41 bits per heavy atom. The summed E-state index contributed by atoms with van der Waals surface area (Å²) in [6.45, 7) is 0.862. The smallest absolute Gasteiger partial charge is 0.160 e. The Morgan fingerprint density at radius 2 is 1.69 bits per heavy atom. The van der Waals surface area contributed by atoms with Crippen LogP contribution in [0.1, 0.15) is 16.8 Å². The fourth-order valence-electron chi connectivity index (χ4n) is 2.99. The van der Waals surface area contributed by atoms with Crippen molar-refractivity contribution in [3.63, 3.8) is 0 Å². The Kier molecular flexibility index (Phi) is 6.74. The van der Waals surface area contributed by atoms with Crippen molar-refractivity contribution < 1.29 is 14.6 Å². The number of aromatic hydroxyl groups is 1. The number of rotatable bonds is 8. The highest BCUT2D eigenvalue weighted by molar-refractivity contribution is 5.69. The first-order valence-electron chi connectivity index (χ1n) is 9.44. The van der Waals surface area contributed by atoms with Gasteiger partial charge in [-0.2, -0.15) is 0 Å². The van der Waals surface area contributed by atoms with Crippen molar-refractivity contribution in [2.75, 3.05) is 32.7 Å². The molecule has 1 aromatic heterocycles. The van der Waals surface area contributed by atoms with Crippen LogP contribution >= 0.6 is 0 Å². The van der Waals surface area contributed by atoms with Crippen LogP contribution in [0.5, 0.6) is 17.2 Å². The highest BCUT2D eigenvalue weighted by Gasteiger charge is 2.07. The third-order valence-corrected chi connectivity index (χ3v) is 4.73. The van der Waals surface area contributed by atoms with Crippen LogP contribution in [0.3, 0.4) is 0 Å². The Bertz CT molecular complexity index is 968. The van der Waals surface area contributed by atoms with Crippen LogP contribution in [0.4, 0.5) is 5.69 Å². The van der Waals surface area contributed by atoms with E-state index in [1.807, 2.05) is 48.7 Å². The van der Waals surface area contributed by atoms with Crippen LogP contribution in [0.25, 0.3) is 12.2 Å². The second-order valence-corrected chi connectivity index (χ2v) is 6.72. The van der Waals surface area contributed by atoms with Gasteiger partial charge in [0.15, 0.2) is 11.5 Å². The Morgan fingerprint density at radius 1 is 0.931 bits per heavy atom. The molecule has 0 fully saturated rings. The van der Waals surface area contributed by atoms with Crippen molar-refractivity contribution in [1.82, 2.24) is 4.98 Å². The summed E-state index contributed by atoms with van der Waals surface area (Å²) in [5, 5.41) is 9.37. The molecule has 0 aliphatic carbocycles. The minimum Gasteiger partial charge on any atom is -0.508 e. The molecule has 2 aromatic carbocycles. The lowest BCUT2D eigenvalue weighted by Crippen LogP contribution is -2.20. The lowest BCUT2D eigenvalue weighted by atomic mass is 10.1. The molecule has 0 unspecified atom stereocenters. The molecule has 0 amide bonds. The summed E-state index contributed by atoms with van der Waals surface area (Å²) >= 11 is 0. The fraction of sp³-hybridized carbons (Fsp3) is 0.208. The Balaban J connectivity index is 1.64. The topological polar surface area (TPSA) is 54.8 Å². The average Bonchev–Trinajstić information content (AvgIpc) is 2.77. The minimum absolute atomic E-state index is 0.262. The average molecular weight is 390 g/mol. The maximum absolute atomic E-state index is 9.37. The molecule has 0 saturated heterocycles. The normalized spacial score (nSPS) is 10.9. The van der Waals surface area contributed by atoms with Gasteiger partial charge in [0.05, 0.1) is 19.9 Å². The molecule has 3 aromatic rings. The quantitative estimate of drug-likeness (QED) is 0.607. The minimum atomic E-state index is 0.262. The summed E-state index contributed by atoms with van der Waals surface area (Å²) in [6.07, 6.45) is 6.66. The summed E-state index contributed by atoms with van der Waals surface area (Å²) < 4.78 is 10.7. The van der Waals surface area contributed by atoms with E-state index in [2.05, 4.69) is 29.1 Å². The molecule has 5 nitrogen and oxygen atoms in total.